The molecule has 0 radical (unpaired) electrons. The van der Waals surface area contributed by atoms with Crippen LogP contribution in [0.4, 0.5) is 0 Å². The summed E-state index contributed by atoms with van der Waals surface area (Å²) in [4.78, 5) is 2.68. The van der Waals surface area contributed by atoms with E-state index in [1.54, 1.807) is 0 Å². The number of hydrogen-bond donors (Lipinski definition) is 0. The number of hydrogen-bond acceptors (Lipinski definition) is 1. The predicted octanol–water partition coefficient (Wildman–Crippen LogP) is 3.94. The molecule has 1 aliphatic carbocycles. The number of likely N-dealkylation sites (tertiary alicyclic amines) is 1. The summed E-state index contributed by atoms with van der Waals surface area (Å²) in [6, 6.07) is 9.14. The van der Waals surface area contributed by atoms with Crippen molar-refractivity contribution in [1.29, 1.82) is 0 Å². The summed E-state index contributed by atoms with van der Waals surface area (Å²) in [5, 5.41) is 1.35. The van der Waals surface area contributed by atoms with Crippen molar-refractivity contribution in [3.8, 4) is 0 Å². The molecule has 0 N–H and O–H groups in total. The third kappa shape index (κ3) is 2.07. The van der Waals surface area contributed by atoms with Crippen LogP contribution in [0.2, 0.25) is 0 Å². The molecule has 2 heterocycles. The van der Waals surface area contributed by atoms with Crippen LogP contribution in [0, 0.1) is 5.41 Å². The van der Waals surface area contributed by atoms with Crippen molar-refractivity contribution in [2.45, 2.75) is 38.6 Å². The summed E-state index contributed by atoms with van der Waals surface area (Å²) in [6.07, 6.45) is 9.45. The second-order valence-electron chi connectivity index (χ2n) is 6.99. The van der Waals surface area contributed by atoms with Gasteiger partial charge in [0.2, 0.25) is 0 Å². The van der Waals surface area contributed by atoms with Gasteiger partial charge in [0.15, 0.2) is 0 Å². The maximum atomic E-state index is 2.68. The lowest BCUT2D eigenvalue weighted by Gasteiger charge is -2.23. The summed E-state index contributed by atoms with van der Waals surface area (Å²) in [6.45, 7) is 3.76. The van der Waals surface area contributed by atoms with Crippen LogP contribution in [0.1, 0.15) is 37.7 Å². The Kier molecular flexibility index (Phi) is 2.88. The summed E-state index contributed by atoms with van der Waals surface area (Å²) in [5.74, 6) is 0. The molecule has 2 aromatic rings. The van der Waals surface area contributed by atoms with Crippen LogP contribution < -0.4 is 0 Å². The Labute approximate surface area is 121 Å². The fourth-order valence-corrected chi connectivity index (χ4v) is 4.36. The first kappa shape index (κ1) is 12.5. The summed E-state index contributed by atoms with van der Waals surface area (Å²) in [5.41, 5.74) is 3.52. The molecule has 0 atom stereocenters. The molecule has 2 aliphatic rings. The van der Waals surface area contributed by atoms with Crippen molar-refractivity contribution in [3.63, 3.8) is 0 Å². The number of benzene rings is 1. The maximum Gasteiger partial charge on any atom is 0.0480 e. The van der Waals surface area contributed by atoms with Crippen molar-refractivity contribution in [1.82, 2.24) is 9.47 Å². The topological polar surface area (TPSA) is 8.17 Å². The van der Waals surface area contributed by atoms with E-state index in [1.807, 2.05) is 0 Å². The van der Waals surface area contributed by atoms with Gasteiger partial charge in [0.05, 0.1) is 0 Å². The summed E-state index contributed by atoms with van der Waals surface area (Å²) < 4.78 is 2.22. The SMILES string of the molecule is Cn1ccc2ccc(CN3CCC4(CCCC4)C3)cc21. The van der Waals surface area contributed by atoms with Crippen LogP contribution in [0.5, 0.6) is 0 Å². The largest absolute Gasteiger partial charge is 0.351 e. The van der Waals surface area contributed by atoms with Gasteiger partial charge in [-0.25, -0.2) is 0 Å². The molecular weight excluding hydrogens is 244 g/mol. The Morgan fingerprint density at radius 3 is 2.80 bits per heavy atom. The lowest BCUT2D eigenvalue weighted by atomic mass is 9.86. The zero-order chi connectivity index (χ0) is 13.6. The number of aryl methyl sites for hydroxylation is 1. The molecule has 4 rings (SSSR count). The Morgan fingerprint density at radius 1 is 1.10 bits per heavy atom. The van der Waals surface area contributed by atoms with E-state index in [2.05, 4.69) is 47.0 Å². The van der Waals surface area contributed by atoms with Crippen LogP contribution in [-0.2, 0) is 13.6 Å². The van der Waals surface area contributed by atoms with E-state index in [0.717, 1.165) is 6.54 Å². The van der Waals surface area contributed by atoms with E-state index in [4.69, 9.17) is 0 Å². The van der Waals surface area contributed by atoms with Crippen molar-refractivity contribution < 1.29 is 0 Å². The average Bonchev–Trinajstić information content (AvgIpc) is 3.15. The molecule has 20 heavy (non-hydrogen) atoms. The minimum atomic E-state index is 0.690. The molecule has 1 aromatic heterocycles. The highest BCUT2D eigenvalue weighted by molar-refractivity contribution is 5.80. The van der Waals surface area contributed by atoms with Crippen LogP contribution in [0.3, 0.4) is 0 Å². The first-order valence-electron chi connectivity index (χ1n) is 8.01. The number of nitrogens with zero attached hydrogens (tertiary/aromatic N) is 2. The van der Waals surface area contributed by atoms with E-state index in [-0.39, 0.29) is 0 Å². The third-order valence-corrected chi connectivity index (χ3v) is 5.54. The highest BCUT2D eigenvalue weighted by atomic mass is 15.2. The fourth-order valence-electron chi connectivity index (χ4n) is 4.36. The van der Waals surface area contributed by atoms with Crippen LogP contribution in [-0.4, -0.2) is 22.6 Å². The molecule has 2 nitrogen and oxygen atoms in total. The van der Waals surface area contributed by atoms with Gasteiger partial charge in [0.25, 0.3) is 0 Å². The first-order valence-corrected chi connectivity index (χ1v) is 8.01. The second-order valence-corrected chi connectivity index (χ2v) is 6.99. The van der Waals surface area contributed by atoms with Crippen molar-refractivity contribution >= 4 is 10.9 Å². The van der Waals surface area contributed by atoms with Crippen LogP contribution in [0.15, 0.2) is 30.5 Å². The zero-order valence-corrected chi connectivity index (χ0v) is 12.4. The first-order chi connectivity index (χ1) is 9.74. The van der Waals surface area contributed by atoms with Crippen molar-refractivity contribution in [2.75, 3.05) is 13.1 Å². The number of fused-ring (bicyclic) bond motifs is 1. The van der Waals surface area contributed by atoms with Crippen molar-refractivity contribution in [3.05, 3.63) is 36.0 Å². The standard InChI is InChI=1S/C18H24N2/c1-19-10-6-16-5-4-15(12-17(16)19)13-20-11-9-18(14-20)7-2-3-8-18/h4-6,10,12H,2-3,7-9,11,13-14H2,1H3. The van der Waals surface area contributed by atoms with Gasteiger partial charge in [-0.05, 0) is 54.3 Å². The van der Waals surface area contributed by atoms with Gasteiger partial charge in [0, 0.05) is 31.9 Å². The monoisotopic (exact) mass is 268 g/mol. The molecule has 1 aliphatic heterocycles. The second kappa shape index (κ2) is 4.63. The molecule has 1 saturated heterocycles. The van der Waals surface area contributed by atoms with Gasteiger partial charge in [-0.2, -0.15) is 0 Å². The molecule has 0 bridgehead atoms. The smallest absolute Gasteiger partial charge is 0.0480 e. The van der Waals surface area contributed by atoms with Gasteiger partial charge in [-0.15, -0.1) is 0 Å². The lowest BCUT2D eigenvalue weighted by Crippen LogP contribution is -2.24. The van der Waals surface area contributed by atoms with Gasteiger partial charge >= 0.3 is 0 Å². The highest BCUT2D eigenvalue weighted by Gasteiger charge is 2.39. The van der Waals surface area contributed by atoms with Gasteiger partial charge in [-0.3, -0.25) is 4.90 Å². The average molecular weight is 268 g/mol. The molecule has 106 valence electrons. The Balaban J connectivity index is 1.51. The van der Waals surface area contributed by atoms with Gasteiger partial charge < -0.3 is 4.57 Å². The third-order valence-electron chi connectivity index (χ3n) is 5.54. The fraction of sp³-hybridized carbons (Fsp3) is 0.556. The molecular formula is C18H24N2. The predicted molar refractivity (Wildman–Crippen MR) is 83.7 cm³/mol. The summed E-state index contributed by atoms with van der Waals surface area (Å²) in [7, 11) is 2.13. The minimum absolute atomic E-state index is 0.690. The summed E-state index contributed by atoms with van der Waals surface area (Å²) >= 11 is 0. The minimum Gasteiger partial charge on any atom is -0.351 e. The zero-order valence-electron chi connectivity index (χ0n) is 12.4. The lowest BCUT2D eigenvalue weighted by molar-refractivity contribution is 0.256. The van der Waals surface area contributed by atoms with E-state index < -0.39 is 0 Å². The van der Waals surface area contributed by atoms with Crippen LogP contribution >= 0.6 is 0 Å². The van der Waals surface area contributed by atoms with Crippen molar-refractivity contribution in [2.24, 2.45) is 12.5 Å². The highest BCUT2D eigenvalue weighted by Crippen LogP contribution is 2.45. The molecule has 0 amide bonds. The van der Waals surface area contributed by atoms with Gasteiger partial charge in [-0.1, -0.05) is 25.0 Å². The Bertz CT molecular complexity index is 619. The number of aromatic nitrogens is 1. The molecule has 1 aromatic carbocycles. The molecule has 2 heteroatoms. The van der Waals surface area contributed by atoms with Crippen LogP contribution in [0.25, 0.3) is 10.9 Å². The van der Waals surface area contributed by atoms with E-state index in [0.29, 0.717) is 5.41 Å². The molecule has 1 saturated carbocycles. The quantitative estimate of drug-likeness (QED) is 0.801. The molecule has 2 fully saturated rings. The van der Waals surface area contributed by atoms with E-state index in [1.165, 1.54) is 61.7 Å². The van der Waals surface area contributed by atoms with E-state index >= 15 is 0 Å². The number of rotatable bonds is 2. The molecule has 1 spiro atoms. The van der Waals surface area contributed by atoms with Gasteiger partial charge in [0.1, 0.15) is 0 Å². The van der Waals surface area contributed by atoms with E-state index in [9.17, 15) is 0 Å². The Hall–Kier alpha value is -1.28. The normalized spacial score (nSPS) is 22.2. The molecule has 0 unspecified atom stereocenters. The maximum absolute atomic E-state index is 2.68. The Morgan fingerprint density at radius 2 is 1.95 bits per heavy atom.